The third-order valence-corrected chi connectivity index (χ3v) is 4.14. The minimum Gasteiger partial charge on any atom is -0.372 e. The van der Waals surface area contributed by atoms with E-state index in [0.717, 1.165) is 18.0 Å². The Morgan fingerprint density at radius 3 is 2.61 bits per heavy atom. The second-order valence-electron chi connectivity index (χ2n) is 5.30. The summed E-state index contributed by atoms with van der Waals surface area (Å²) >= 11 is 5.71. The molecule has 1 aliphatic carbocycles. The maximum atomic E-state index is 13.9. The summed E-state index contributed by atoms with van der Waals surface area (Å²) in [6.07, 6.45) is 6.58. The highest BCUT2D eigenvalue weighted by Crippen LogP contribution is 2.27. The molecule has 0 saturated heterocycles. The molecule has 0 aliphatic heterocycles. The van der Waals surface area contributed by atoms with Gasteiger partial charge in [-0.25, -0.2) is 4.39 Å². The summed E-state index contributed by atoms with van der Waals surface area (Å²) in [4.78, 5) is 2.04. The molecule has 0 heterocycles. The van der Waals surface area contributed by atoms with Crippen molar-refractivity contribution in [3.05, 3.63) is 29.6 Å². The van der Waals surface area contributed by atoms with E-state index in [1.807, 2.05) is 24.1 Å². The molecule has 0 amide bonds. The molecule has 1 aliphatic rings. The SMILES string of the molecule is CN(CC1CCCCC1)c1ccc(CCl)cc1F. The third kappa shape index (κ3) is 3.38. The number of anilines is 1. The average molecular weight is 270 g/mol. The van der Waals surface area contributed by atoms with E-state index in [-0.39, 0.29) is 5.82 Å². The third-order valence-electron chi connectivity index (χ3n) is 3.83. The Morgan fingerprint density at radius 2 is 2.00 bits per heavy atom. The first-order chi connectivity index (χ1) is 8.70. The molecule has 1 aromatic rings. The van der Waals surface area contributed by atoms with Crippen molar-refractivity contribution in [1.29, 1.82) is 0 Å². The van der Waals surface area contributed by atoms with E-state index in [1.165, 1.54) is 32.1 Å². The van der Waals surface area contributed by atoms with Crippen molar-refractivity contribution in [3.8, 4) is 0 Å². The minimum absolute atomic E-state index is 0.161. The molecule has 1 saturated carbocycles. The van der Waals surface area contributed by atoms with Crippen molar-refractivity contribution >= 4 is 17.3 Å². The zero-order valence-electron chi connectivity index (χ0n) is 11.0. The minimum atomic E-state index is -0.161. The molecule has 0 bridgehead atoms. The van der Waals surface area contributed by atoms with Gasteiger partial charge in [0.15, 0.2) is 0 Å². The first-order valence-corrected chi connectivity index (χ1v) is 7.29. The fraction of sp³-hybridized carbons (Fsp3) is 0.600. The summed E-state index contributed by atoms with van der Waals surface area (Å²) in [7, 11) is 1.98. The standard InChI is InChI=1S/C15H21ClFN/c1-18(11-12-5-3-2-4-6-12)15-8-7-13(10-16)9-14(15)17/h7-9,12H,2-6,10-11H2,1H3. The number of hydrogen-bond acceptors (Lipinski definition) is 1. The quantitative estimate of drug-likeness (QED) is 0.723. The van der Waals surface area contributed by atoms with Crippen LogP contribution in [0.2, 0.25) is 0 Å². The Balaban J connectivity index is 2.01. The van der Waals surface area contributed by atoms with Gasteiger partial charge in [-0.2, -0.15) is 0 Å². The number of halogens is 2. The normalized spacial score (nSPS) is 16.8. The van der Waals surface area contributed by atoms with Gasteiger partial charge >= 0.3 is 0 Å². The lowest BCUT2D eigenvalue weighted by atomic mass is 9.89. The zero-order valence-corrected chi connectivity index (χ0v) is 11.7. The lowest BCUT2D eigenvalue weighted by Crippen LogP contribution is -2.27. The van der Waals surface area contributed by atoms with Gasteiger partial charge in [0, 0.05) is 19.5 Å². The molecule has 1 fully saturated rings. The van der Waals surface area contributed by atoms with Gasteiger partial charge in [-0.1, -0.05) is 25.3 Å². The molecule has 0 radical (unpaired) electrons. The topological polar surface area (TPSA) is 3.24 Å². The lowest BCUT2D eigenvalue weighted by Gasteiger charge is -2.28. The molecule has 1 aromatic carbocycles. The summed E-state index contributed by atoms with van der Waals surface area (Å²) < 4.78 is 13.9. The smallest absolute Gasteiger partial charge is 0.146 e. The van der Waals surface area contributed by atoms with Crippen LogP contribution in [0.15, 0.2) is 18.2 Å². The van der Waals surface area contributed by atoms with E-state index >= 15 is 0 Å². The van der Waals surface area contributed by atoms with Crippen LogP contribution in [0.3, 0.4) is 0 Å². The van der Waals surface area contributed by atoms with E-state index in [9.17, 15) is 4.39 Å². The van der Waals surface area contributed by atoms with Crippen LogP contribution in [0.4, 0.5) is 10.1 Å². The largest absolute Gasteiger partial charge is 0.372 e. The molecule has 100 valence electrons. The first kappa shape index (κ1) is 13.7. The van der Waals surface area contributed by atoms with Crippen LogP contribution in [0.5, 0.6) is 0 Å². The van der Waals surface area contributed by atoms with Crippen LogP contribution < -0.4 is 4.90 Å². The van der Waals surface area contributed by atoms with Crippen molar-refractivity contribution in [3.63, 3.8) is 0 Å². The van der Waals surface area contributed by atoms with E-state index in [2.05, 4.69) is 0 Å². The summed E-state index contributed by atoms with van der Waals surface area (Å²) in [5.74, 6) is 0.922. The fourth-order valence-electron chi connectivity index (χ4n) is 2.80. The van der Waals surface area contributed by atoms with Gasteiger partial charge < -0.3 is 4.90 Å². The zero-order chi connectivity index (χ0) is 13.0. The Bertz CT molecular complexity index is 388. The summed E-state index contributed by atoms with van der Waals surface area (Å²) in [5.41, 5.74) is 1.53. The van der Waals surface area contributed by atoms with E-state index in [1.54, 1.807) is 6.07 Å². The lowest BCUT2D eigenvalue weighted by molar-refractivity contribution is 0.361. The molecule has 0 N–H and O–H groups in total. The van der Waals surface area contributed by atoms with Crippen LogP contribution in [-0.4, -0.2) is 13.6 Å². The molecule has 0 atom stereocenters. The van der Waals surface area contributed by atoms with E-state index in [0.29, 0.717) is 11.6 Å². The van der Waals surface area contributed by atoms with Crippen molar-refractivity contribution < 1.29 is 4.39 Å². The van der Waals surface area contributed by atoms with E-state index in [4.69, 9.17) is 11.6 Å². The van der Waals surface area contributed by atoms with Crippen LogP contribution in [0.25, 0.3) is 0 Å². The number of nitrogens with zero attached hydrogens (tertiary/aromatic N) is 1. The summed E-state index contributed by atoms with van der Waals surface area (Å²) in [5, 5.41) is 0. The summed E-state index contributed by atoms with van der Waals surface area (Å²) in [6.45, 7) is 0.955. The van der Waals surface area contributed by atoms with Crippen LogP contribution >= 0.6 is 11.6 Å². The van der Waals surface area contributed by atoms with Crippen molar-refractivity contribution in [2.75, 3.05) is 18.5 Å². The molecule has 18 heavy (non-hydrogen) atoms. The highest BCUT2D eigenvalue weighted by molar-refractivity contribution is 6.17. The molecular formula is C15H21ClFN. The maximum Gasteiger partial charge on any atom is 0.146 e. The second-order valence-corrected chi connectivity index (χ2v) is 5.57. The van der Waals surface area contributed by atoms with Crippen LogP contribution in [-0.2, 0) is 5.88 Å². The summed E-state index contributed by atoms with van der Waals surface area (Å²) in [6, 6.07) is 5.29. The highest BCUT2D eigenvalue weighted by atomic mass is 35.5. The fourth-order valence-corrected chi connectivity index (χ4v) is 2.96. The molecule has 2 rings (SSSR count). The van der Waals surface area contributed by atoms with Crippen LogP contribution in [0, 0.1) is 11.7 Å². The van der Waals surface area contributed by atoms with Gasteiger partial charge in [-0.15, -0.1) is 11.6 Å². The van der Waals surface area contributed by atoms with Gasteiger partial charge in [0.1, 0.15) is 5.82 Å². The van der Waals surface area contributed by atoms with Gasteiger partial charge in [0.25, 0.3) is 0 Å². The Morgan fingerprint density at radius 1 is 1.28 bits per heavy atom. The monoisotopic (exact) mass is 269 g/mol. The predicted molar refractivity (Wildman–Crippen MR) is 75.8 cm³/mol. The Kier molecular flexibility index (Phi) is 4.87. The van der Waals surface area contributed by atoms with Gasteiger partial charge in [-0.05, 0) is 36.5 Å². The molecule has 0 aromatic heterocycles. The van der Waals surface area contributed by atoms with Gasteiger partial charge in [-0.3, -0.25) is 0 Å². The van der Waals surface area contributed by atoms with Crippen molar-refractivity contribution in [2.45, 2.75) is 38.0 Å². The number of alkyl halides is 1. The van der Waals surface area contributed by atoms with E-state index < -0.39 is 0 Å². The Labute approximate surface area is 114 Å². The van der Waals surface area contributed by atoms with Crippen molar-refractivity contribution in [2.24, 2.45) is 5.92 Å². The van der Waals surface area contributed by atoms with Crippen LogP contribution in [0.1, 0.15) is 37.7 Å². The second kappa shape index (κ2) is 6.42. The number of hydrogen-bond donors (Lipinski definition) is 0. The molecule has 1 nitrogen and oxygen atoms in total. The molecule has 0 spiro atoms. The molecule has 3 heteroatoms. The maximum absolute atomic E-state index is 13.9. The van der Waals surface area contributed by atoms with Gasteiger partial charge in [0.2, 0.25) is 0 Å². The average Bonchev–Trinajstić information content (AvgIpc) is 2.39. The predicted octanol–water partition coefficient (Wildman–Crippen LogP) is 4.58. The van der Waals surface area contributed by atoms with Crippen molar-refractivity contribution in [1.82, 2.24) is 0 Å². The number of benzene rings is 1. The van der Waals surface area contributed by atoms with Gasteiger partial charge in [0.05, 0.1) is 5.69 Å². The Hall–Kier alpha value is -0.760. The molecular weight excluding hydrogens is 249 g/mol. The molecule has 0 unspecified atom stereocenters. The first-order valence-electron chi connectivity index (χ1n) is 6.76. The number of rotatable bonds is 4. The highest BCUT2D eigenvalue weighted by Gasteiger charge is 2.17.